The summed E-state index contributed by atoms with van der Waals surface area (Å²) in [6.45, 7) is 0.389. The molecule has 0 atom stereocenters. The van der Waals surface area contributed by atoms with Crippen molar-refractivity contribution in [3.8, 4) is 5.75 Å². The van der Waals surface area contributed by atoms with Crippen LogP contribution < -0.4 is 15.7 Å². The number of aromatic nitrogens is 2. The molecule has 1 aromatic heterocycles. The standard InChI is InChI=1S/C19H18F3N3O3/c1-24-15-4-2-3-5-16(15)25(18(24)27)11-10-17(26)23-12-13-6-8-14(9-7-13)28-19(20,21)22/h2-9H,10-12H2,1H3,(H,23,26). The molecule has 0 fully saturated rings. The molecule has 3 aromatic rings. The summed E-state index contributed by atoms with van der Waals surface area (Å²) in [7, 11) is 1.67. The number of ether oxygens (including phenoxy) is 1. The van der Waals surface area contributed by atoms with Crippen molar-refractivity contribution in [2.45, 2.75) is 25.9 Å². The first-order valence-corrected chi connectivity index (χ1v) is 8.50. The van der Waals surface area contributed by atoms with E-state index in [-0.39, 0.29) is 36.9 Å². The molecule has 0 bridgehead atoms. The van der Waals surface area contributed by atoms with Crippen LogP contribution in [0.25, 0.3) is 11.0 Å². The molecule has 0 spiro atoms. The number of amides is 1. The fraction of sp³-hybridized carbons (Fsp3) is 0.263. The molecule has 1 amide bonds. The highest BCUT2D eigenvalue weighted by molar-refractivity contribution is 5.77. The number of benzene rings is 2. The topological polar surface area (TPSA) is 65.3 Å². The van der Waals surface area contributed by atoms with Gasteiger partial charge in [0.05, 0.1) is 11.0 Å². The Balaban J connectivity index is 1.56. The smallest absolute Gasteiger partial charge is 0.406 e. The predicted molar refractivity (Wildman–Crippen MR) is 96.8 cm³/mol. The second-order valence-electron chi connectivity index (χ2n) is 6.20. The van der Waals surface area contributed by atoms with E-state index in [1.807, 2.05) is 24.3 Å². The van der Waals surface area contributed by atoms with Gasteiger partial charge in [-0.25, -0.2) is 4.79 Å². The summed E-state index contributed by atoms with van der Waals surface area (Å²) < 4.78 is 43.3. The van der Waals surface area contributed by atoms with E-state index in [1.54, 1.807) is 7.05 Å². The summed E-state index contributed by atoms with van der Waals surface area (Å²) in [5.74, 6) is -0.589. The zero-order chi connectivity index (χ0) is 20.3. The van der Waals surface area contributed by atoms with Crippen LogP contribution in [-0.4, -0.2) is 21.4 Å². The molecule has 1 heterocycles. The lowest BCUT2D eigenvalue weighted by Gasteiger charge is -2.10. The molecule has 1 N–H and O–H groups in total. The Morgan fingerprint density at radius 2 is 1.71 bits per heavy atom. The number of carbonyl (C=O) groups is 1. The molecule has 2 aromatic carbocycles. The normalized spacial score (nSPS) is 11.6. The molecule has 0 aliphatic carbocycles. The molecular weight excluding hydrogens is 375 g/mol. The maximum atomic E-state index is 12.3. The minimum Gasteiger partial charge on any atom is -0.406 e. The van der Waals surface area contributed by atoms with Crippen LogP contribution in [0.4, 0.5) is 13.2 Å². The van der Waals surface area contributed by atoms with Gasteiger partial charge >= 0.3 is 12.1 Å². The number of hydrogen-bond acceptors (Lipinski definition) is 3. The number of rotatable bonds is 6. The molecule has 0 aliphatic rings. The Morgan fingerprint density at radius 1 is 1.07 bits per heavy atom. The molecule has 28 heavy (non-hydrogen) atoms. The van der Waals surface area contributed by atoms with Crippen LogP contribution in [0.2, 0.25) is 0 Å². The average Bonchev–Trinajstić information content (AvgIpc) is 2.89. The van der Waals surface area contributed by atoms with Gasteiger partial charge < -0.3 is 10.1 Å². The van der Waals surface area contributed by atoms with Crippen LogP contribution in [0.3, 0.4) is 0 Å². The van der Waals surface area contributed by atoms with Gasteiger partial charge in [0.25, 0.3) is 0 Å². The third-order valence-electron chi connectivity index (χ3n) is 4.26. The number of halogens is 3. The molecule has 0 radical (unpaired) electrons. The van der Waals surface area contributed by atoms with Crippen molar-refractivity contribution in [3.05, 3.63) is 64.6 Å². The third-order valence-corrected chi connectivity index (χ3v) is 4.26. The van der Waals surface area contributed by atoms with E-state index in [2.05, 4.69) is 10.1 Å². The van der Waals surface area contributed by atoms with Gasteiger partial charge in [-0.1, -0.05) is 24.3 Å². The van der Waals surface area contributed by atoms with E-state index in [0.29, 0.717) is 5.56 Å². The predicted octanol–water partition coefficient (Wildman–Crippen LogP) is 2.95. The molecule has 148 valence electrons. The van der Waals surface area contributed by atoms with Crippen LogP contribution >= 0.6 is 0 Å². The largest absolute Gasteiger partial charge is 0.573 e. The minimum atomic E-state index is -4.74. The summed E-state index contributed by atoms with van der Waals surface area (Å²) in [6.07, 6.45) is -4.64. The van der Waals surface area contributed by atoms with Crippen molar-refractivity contribution < 1.29 is 22.7 Å². The maximum Gasteiger partial charge on any atom is 0.573 e. The zero-order valence-corrected chi connectivity index (χ0v) is 15.0. The fourth-order valence-electron chi connectivity index (χ4n) is 2.89. The van der Waals surface area contributed by atoms with Gasteiger partial charge in [0.2, 0.25) is 5.91 Å². The van der Waals surface area contributed by atoms with Crippen molar-refractivity contribution in [2.24, 2.45) is 7.05 Å². The summed E-state index contributed by atoms with van der Waals surface area (Å²) in [6, 6.07) is 12.6. The second kappa shape index (κ2) is 7.79. The van der Waals surface area contributed by atoms with Crippen LogP contribution in [0.1, 0.15) is 12.0 Å². The van der Waals surface area contributed by atoms with Crippen molar-refractivity contribution in [1.82, 2.24) is 14.5 Å². The number of fused-ring (bicyclic) bond motifs is 1. The lowest BCUT2D eigenvalue weighted by molar-refractivity contribution is -0.274. The van der Waals surface area contributed by atoms with E-state index in [1.165, 1.54) is 33.4 Å². The molecule has 0 aliphatic heterocycles. The first-order valence-electron chi connectivity index (χ1n) is 8.50. The Bertz CT molecular complexity index is 1040. The van der Waals surface area contributed by atoms with Gasteiger partial charge in [0, 0.05) is 26.6 Å². The van der Waals surface area contributed by atoms with Gasteiger partial charge in [-0.2, -0.15) is 0 Å². The van der Waals surface area contributed by atoms with Crippen LogP contribution in [0.15, 0.2) is 53.3 Å². The molecule has 0 unspecified atom stereocenters. The molecule has 3 rings (SSSR count). The monoisotopic (exact) mass is 393 g/mol. The summed E-state index contributed by atoms with van der Waals surface area (Å²) in [5, 5.41) is 2.69. The number of aryl methyl sites for hydroxylation is 2. The Morgan fingerprint density at radius 3 is 2.36 bits per heavy atom. The quantitative estimate of drug-likeness (QED) is 0.700. The van der Waals surface area contributed by atoms with E-state index in [9.17, 15) is 22.8 Å². The number of nitrogens with zero attached hydrogens (tertiary/aromatic N) is 2. The van der Waals surface area contributed by atoms with Gasteiger partial charge in [0.15, 0.2) is 0 Å². The van der Waals surface area contributed by atoms with Gasteiger partial charge in [-0.05, 0) is 29.8 Å². The molecule has 0 saturated heterocycles. The van der Waals surface area contributed by atoms with Gasteiger partial charge in [0.1, 0.15) is 5.75 Å². The van der Waals surface area contributed by atoms with Crippen molar-refractivity contribution in [2.75, 3.05) is 0 Å². The second-order valence-corrected chi connectivity index (χ2v) is 6.20. The fourth-order valence-corrected chi connectivity index (χ4v) is 2.89. The lowest BCUT2D eigenvalue weighted by atomic mass is 10.2. The number of hydrogen-bond donors (Lipinski definition) is 1. The maximum absolute atomic E-state index is 12.3. The third kappa shape index (κ3) is 4.54. The molecule has 0 saturated carbocycles. The number of nitrogens with one attached hydrogen (secondary N) is 1. The number of imidazole rings is 1. The van der Waals surface area contributed by atoms with Crippen LogP contribution in [0.5, 0.6) is 5.75 Å². The minimum absolute atomic E-state index is 0.100. The first kappa shape index (κ1) is 19.5. The zero-order valence-electron chi connectivity index (χ0n) is 15.0. The van der Waals surface area contributed by atoms with E-state index >= 15 is 0 Å². The first-order chi connectivity index (χ1) is 13.2. The molecule has 9 heteroatoms. The Labute approximate surface area is 158 Å². The summed E-state index contributed by atoms with van der Waals surface area (Å²) in [5.41, 5.74) is 1.97. The van der Waals surface area contributed by atoms with Gasteiger partial charge in [-0.3, -0.25) is 13.9 Å². The van der Waals surface area contributed by atoms with E-state index in [0.717, 1.165) is 11.0 Å². The van der Waals surface area contributed by atoms with Crippen LogP contribution in [0, 0.1) is 0 Å². The van der Waals surface area contributed by atoms with E-state index in [4.69, 9.17) is 0 Å². The lowest BCUT2D eigenvalue weighted by Crippen LogP contribution is -2.27. The van der Waals surface area contributed by atoms with Crippen LogP contribution in [-0.2, 0) is 24.9 Å². The Hall–Kier alpha value is -3.23. The summed E-state index contributed by atoms with van der Waals surface area (Å²) in [4.78, 5) is 24.4. The Kier molecular flexibility index (Phi) is 5.43. The number of carbonyl (C=O) groups excluding carboxylic acids is 1. The summed E-state index contributed by atoms with van der Waals surface area (Å²) >= 11 is 0. The van der Waals surface area contributed by atoms with Crippen molar-refractivity contribution in [3.63, 3.8) is 0 Å². The van der Waals surface area contributed by atoms with Crippen molar-refractivity contribution in [1.29, 1.82) is 0 Å². The average molecular weight is 393 g/mol. The van der Waals surface area contributed by atoms with E-state index < -0.39 is 6.36 Å². The number of alkyl halides is 3. The highest BCUT2D eigenvalue weighted by Gasteiger charge is 2.30. The van der Waals surface area contributed by atoms with Crippen molar-refractivity contribution >= 4 is 16.9 Å². The number of para-hydroxylation sites is 2. The van der Waals surface area contributed by atoms with Gasteiger partial charge in [-0.15, -0.1) is 13.2 Å². The highest BCUT2D eigenvalue weighted by atomic mass is 19.4. The molecule has 6 nitrogen and oxygen atoms in total. The highest BCUT2D eigenvalue weighted by Crippen LogP contribution is 2.22. The molecular formula is C19H18F3N3O3. The SMILES string of the molecule is Cn1c(=O)n(CCC(=O)NCc2ccc(OC(F)(F)F)cc2)c2ccccc21.